The van der Waals surface area contributed by atoms with Gasteiger partial charge in [0.1, 0.15) is 0 Å². The smallest absolute Gasteiger partial charge is 0.0999 e. The van der Waals surface area contributed by atoms with Gasteiger partial charge < -0.3 is 5.32 Å². The molecule has 4 aromatic carbocycles. The minimum atomic E-state index is -0.472. The van der Waals surface area contributed by atoms with Crippen molar-refractivity contribution in [3.05, 3.63) is 155 Å². The molecule has 0 aliphatic carbocycles. The molecular formula is C29H24ClN. The van der Waals surface area contributed by atoms with Crippen molar-refractivity contribution in [2.75, 3.05) is 0 Å². The summed E-state index contributed by atoms with van der Waals surface area (Å²) in [6, 6.07) is 42.7. The van der Waals surface area contributed by atoms with Crippen LogP contribution in [-0.4, -0.2) is 0 Å². The topological polar surface area (TPSA) is 12.0 Å². The lowest BCUT2D eigenvalue weighted by Gasteiger charge is -2.48. The molecule has 0 aromatic heterocycles. The van der Waals surface area contributed by atoms with Crippen molar-refractivity contribution in [2.24, 2.45) is 0 Å². The molecule has 0 fully saturated rings. The van der Waals surface area contributed by atoms with Gasteiger partial charge in [-0.2, -0.15) is 0 Å². The van der Waals surface area contributed by atoms with E-state index in [1.54, 1.807) is 0 Å². The number of rotatable bonds is 4. The van der Waals surface area contributed by atoms with E-state index in [2.05, 4.69) is 133 Å². The third kappa shape index (κ3) is 3.45. The molecule has 1 heterocycles. The fraction of sp³-hybridized carbons (Fsp3) is 0.103. The van der Waals surface area contributed by atoms with E-state index in [9.17, 15) is 0 Å². The van der Waals surface area contributed by atoms with Crippen LogP contribution < -0.4 is 5.32 Å². The Balaban J connectivity index is 1.81. The van der Waals surface area contributed by atoms with Gasteiger partial charge in [0.05, 0.1) is 10.7 Å². The summed E-state index contributed by atoms with van der Waals surface area (Å²) in [7, 11) is 0. The lowest BCUT2D eigenvalue weighted by atomic mass is 9.62. The Morgan fingerprint density at radius 3 is 1.26 bits per heavy atom. The molecule has 4 aromatic rings. The lowest BCUT2D eigenvalue weighted by Crippen LogP contribution is -2.51. The summed E-state index contributed by atoms with van der Waals surface area (Å²) in [5, 5.41) is 4.34. The Morgan fingerprint density at radius 1 is 0.516 bits per heavy atom. The average molecular weight is 422 g/mol. The highest BCUT2D eigenvalue weighted by molar-refractivity contribution is 6.29. The summed E-state index contributed by atoms with van der Waals surface area (Å²) < 4.78 is 0. The van der Waals surface area contributed by atoms with E-state index in [4.69, 9.17) is 11.6 Å². The molecular weight excluding hydrogens is 398 g/mol. The predicted octanol–water partition coefficient (Wildman–Crippen LogP) is 6.99. The number of hydrogen-bond acceptors (Lipinski definition) is 1. The van der Waals surface area contributed by atoms with Crippen LogP contribution in [-0.2, 0) is 11.0 Å². The van der Waals surface area contributed by atoms with Crippen LogP contribution in [0.1, 0.15) is 28.7 Å². The van der Waals surface area contributed by atoms with Crippen molar-refractivity contribution >= 4 is 11.6 Å². The maximum Gasteiger partial charge on any atom is 0.0999 e. The normalized spacial score (nSPS) is 16.7. The van der Waals surface area contributed by atoms with Crippen molar-refractivity contribution in [3.63, 3.8) is 0 Å². The molecule has 0 saturated carbocycles. The van der Waals surface area contributed by atoms with Crippen LogP contribution in [0.2, 0.25) is 0 Å². The first-order valence-electron chi connectivity index (χ1n) is 10.6. The Kier molecular flexibility index (Phi) is 5.13. The quantitative estimate of drug-likeness (QED) is 0.350. The molecule has 1 N–H and O–H groups in total. The molecule has 0 spiro atoms. The number of hydrogen-bond donors (Lipinski definition) is 1. The van der Waals surface area contributed by atoms with Crippen molar-refractivity contribution in [1.82, 2.24) is 5.32 Å². The zero-order valence-electron chi connectivity index (χ0n) is 17.2. The highest BCUT2D eigenvalue weighted by atomic mass is 35.5. The van der Waals surface area contributed by atoms with Gasteiger partial charge in [-0.1, -0.05) is 133 Å². The summed E-state index contributed by atoms with van der Waals surface area (Å²) in [5.41, 5.74) is 4.01. The van der Waals surface area contributed by atoms with Gasteiger partial charge >= 0.3 is 0 Å². The highest BCUT2D eigenvalue weighted by Crippen LogP contribution is 2.50. The van der Waals surface area contributed by atoms with Crippen molar-refractivity contribution in [3.8, 4) is 0 Å². The second-order valence-electron chi connectivity index (χ2n) is 8.13. The van der Waals surface area contributed by atoms with Crippen LogP contribution in [0.3, 0.4) is 0 Å². The van der Waals surface area contributed by atoms with Gasteiger partial charge in [-0.25, -0.2) is 0 Å². The number of benzene rings is 4. The number of halogens is 1. The molecule has 31 heavy (non-hydrogen) atoms. The average Bonchev–Trinajstić information content (AvgIpc) is 2.86. The van der Waals surface area contributed by atoms with E-state index in [-0.39, 0.29) is 5.41 Å². The van der Waals surface area contributed by atoms with E-state index in [0.717, 1.165) is 6.42 Å². The molecule has 1 aliphatic heterocycles. The van der Waals surface area contributed by atoms with Gasteiger partial charge in [-0.15, -0.1) is 0 Å². The number of allylic oxidation sites excluding steroid dienone is 1. The molecule has 0 amide bonds. The fourth-order valence-corrected chi connectivity index (χ4v) is 5.29. The maximum atomic E-state index is 6.93. The van der Waals surface area contributed by atoms with E-state index in [1.165, 1.54) is 22.3 Å². The maximum absolute atomic E-state index is 6.93. The third-order valence-electron chi connectivity index (χ3n) is 6.36. The standard InChI is InChI=1S/C29H24ClN/c30-27-21-28(23-13-5-1-6-14-23,24-15-7-2-8-16-24)22-29(31-27,25-17-9-3-10-18-25)26-19-11-4-12-20-26/h1-21,31H,22H2. The van der Waals surface area contributed by atoms with Gasteiger partial charge in [0.25, 0.3) is 0 Å². The first-order valence-corrected chi connectivity index (χ1v) is 11.0. The van der Waals surface area contributed by atoms with Crippen molar-refractivity contribution in [1.29, 1.82) is 0 Å². The van der Waals surface area contributed by atoms with E-state index in [1.807, 2.05) is 0 Å². The fourth-order valence-electron chi connectivity index (χ4n) is 4.94. The van der Waals surface area contributed by atoms with Crippen LogP contribution in [0.4, 0.5) is 0 Å². The molecule has 1 nitrogen and oxygen atoms in total. The molecule has 1 aliphatic rings. The van der Waals surface area contributed by atoms with Crippen LogP contribution in [0, 0.1) is 0 Å². The second-order valence-corrected chi connectivity index (χ2v) is 8.54. The zero-order chi connectivity index (χ0) is 21.2. The van der Waals surface area contributed by atoms with Gasteiger partial charge in [0.15, 0.2) is 0 Å². The zero-order valence-corrected chi connectivity index (χ0v) is 18.0. The van der Waals surface area contributed by atoms with Crippen LogP contribution in [0.25, 0.3) is 0 Å². The molecule has 0 bridgehead atoms. The SMILES string of the molecule is ClC1=CC(c2ccccc2)(c2ccccc2)CC(c2ccccc2)(c2ccccc2)N1. The summed E-state index contributed by atoms with van der Waals surface area (Å²) in [6.07, 6.45) is 2.99. The first kappa shape index (κ1) is 19.7. The monoisotopic (exact) mass is 421 g/mol. The first-order chi connectivity index (χ1) is 15.2. The van der Waals surface area contributed by atoms with Crippen LogP contribution in [0.5, 0.6) is 0 Å². The Morgan fingerprint density at radius 2 is 0.871 bits per heavy atom. The Hall–Kier alpha value is -3.29. The molecule has 152 valence electrons. The van der Waals surface area contributed by atoms with Gasteiger partial charge in [-0.3, -0.25) is 0 Å². The summed E-state index contributed by atoms with van der Waals surface area (Å²) >= 11 is 6.93. The molecule has 0 saturated heterocycles. The van der Waals surface area contributed by atoms with Crippen molar-refractivity contribution < 1.29 is 0 Å². The summed E-state index contributed by atoms with van der Waals surface area (Å²) in [6.45, 7) is 0. The highest BCUT2D eigenvalue weighted by Gasteiger charge is 2.48. The van der Waals surface area contributed by atoms with Gasteiger partial charge in [0.2, 0.25) is 0 Å². The summed E-state index contributed by atoms with van der Waals surface area (Å²) in [5.74, 6) is 0. The molecule has 2 heteroatoms. The van der Waals surface area contributed by atoms with Gasteiger partial charge in [-0.05, 0) is 34.8 Å². The van der Waals surface area contributed by atoms with Crippen molar-refractivity contribution in [2.45, 2.75) is 17.4 Å². The van der Waals surface area contributed by atoms with E-state index < -0.39 is 5.54 Å². The van der Waals surface area contributed by atoms with Crippen LogP contribution >= 0.6 is 11.6 Å². The van der Waals surface area contributed by atoms with Crippen LogP contribution in [0.15, 0.2) is 133 Å². The Bertz CT molecular complexity index is 1090. The second kappa shape index (κ2) is 8.09. The van der Waals surface area contributed by atoms with Gasteiger partial charge in [0, 0.05) is 5.41 Å². The molecule has 0 unspecified atom stereocenters. The minimum Gasteiger partial charge on any atom is -0.362 e. The number of nitrogens with one attached hydrogen (secondary N) is 1. The predicted molar refractivity (Wildman–Crippen MR) is 129 cm³/mol. The molecule has 5 rings (SSSR count). The lowest BCUT2D eigenvalue weighted by molar-refractivity contribution is 0.332. The minimum absolute atomic E-state index is 0.378. The summed E-state index contributed by atoms with van der Waals surface area (Å²) in [4.78, 5) is 0. The third-order valence-corrected chi connectivity index (χ3v) is 6.56. The van der Waals surface area contributed by atoms with E-state index >= 15 is 0 Å². The molecule has 0 atom stereocenters. The Labute approximate surface area is 189 Å². The van der Waals surface area contributed by atoms with E-state index in [0.29, 0.717) is 5.16 Å². The molecule has 0 radical (unpaired) electrons. The largest absolute Gasteiger partial charge is 0.362 e.